The molecular weight excluding hydrogens is 228 g/mol. The lowest BCUT2D eigenvalue weighted by atomic mass is 10.1. The zero-order valence-corrected chi connectivity index (χ0v) is 10.1. The van der Waals surface area contributed by atoms with E-state index in [1.54, 1.807) is 11.1 Å². The number of amides is 1. The van der Waals surface area contributed by atoms with Gasteiger partial charge in [0.1, 0.15) is 0 Å². The number of carbonyl (C=O) groups excluding carboxylic acids is 1. The molecule has 2 heterocycles. The summed E-state index contributed by atoms with van der Waals surface area (Å²) in [6, 6.07) is 7.71. The molecule has 2 aromatic rings. The van der Waals surface area contributed by atoms with E-state index < -0.39 is 6.10 Å². The van der Waals surface area contributed by atoms with Gasteiger partial charge in [-0.05, 0) is 30.7 Å². The van der Waals surface area contributed by atoms with E-state index in [4.69, 9.17) is 0 Å². The number of aromatic nitrogens is 1. The predicted molar refractivity (Wildman–Crippen MR) is 69.5 cm³/mol. The van der Waals surface area contributed by atoms with Crippen molar-refractivity contribution in [3.05, 3.63) is 36.0 Å². The summed E-state index contributed by atoms with van der Waals surface area (Å²) in [6.45, 7) is 2.37. The van der Waals surface area contributed by atoms with Gasteiger partial charge in [0.15, 0.2) is 0 Å². The zero-order valence-electron chi connectivity index (χ0n) is 10.1. The van der Waals surface area contributed by atoms with Gasteiger partial charge in [-0.1, -0.05) is 6.07 Å². The Balaban J connectivity index is 2.18. The highest BCUT2D eigenvalue weighted by atomic mass is 16.3. The third kappa shape index (κ3) is 1.66. The van der Waals surface area contributed by atoms with Gasteiger partial charge < -0.3 is 10.0 Å². The molecule has 1 saturated heterocycles. The summed E-state index contributed by atoms with van der Waals surface area (Å²) >= 11 is 0. The molecule has 0 bridgehead atoms. The van der Waals surface area contributed by atoms with Crippen LogP contribution in [-0.4, -0.2) is 28.6 Å². The SMILES string of the molecule is Cc1ccc(N2CC(O)CC2=O)c2cccnc12. The summed E-state index contributed by atoms with van der Waals surface area (Å²) in [6.07, 6.45) is 1.39. The molecule has 1 fully saturated rings. The van der Waals surface area contributed by atoms with Crippen molar-refractivity contribution in [1.29, 1.82) is 0 Å². The summed E-state index contributed by atoms with van der Waals surface area (Å²) < 4.78 is 0. The first-order chi connectivity index (χ1) is 8.66. The lowest BCUT2D eigenvalue weighted by molar-refractivity contribution is -0.117. The maximum absolute atomic E-state index is 11.9. The molecule has 18 heavy (non-hydrogen) atoms. The van der Waals surface area contributed by atoms with Gasteiger partial charge in [-0.25, -0.2) is 0 Å². The number of aryl methyl sites for hydroxylation is 1. The Morgan fingerprint density at radius 2 is 2.22 bits per heavy atom. The van der Waals surface area contributed by atoms with E-state index in [1.165, 1.54) is 0 Å². The Morgan fingerprint density at radius 3 is 2.94 bits per heavy atom. The first kappa shape index (κ1) is 11.2. The summed E-state index contributed by atoms with van der Waals surface area (Å²) in [5, 5.41) is 10.5. The third-order valence-corrected chi connectivity index (χ3v) is 3.34. The highest BCUT2D eigenvalue weighted by molar-refractivity contribution is 6.04. The number of hydrogen-bond donors (Lipinski definition) is 1. The lowest BCUT2D eigenvalue weighted by Crippen LogP contribution is -2.25. The van der Waals surface area contributed by atoms with Gasteiger partial charge in [0.05, 0.1) is 30.3 Å². The van der Waals surface area contributed by atoms with Crippen LogP contribution in [-0.2, 0) is 4.79 Å². The van der Waals surface area contributed by atoms with Crippen LogP contribution in [0.3, 0.4) is 0 Å². The second-order valence-corrected chi connectivity index (χ2v) is 4.66. The molecule has 1 aromatic heterocycles. The Labute approximate surface area is 105 Å². The molecule has 1 atom stereocenters. The quantitative estimate of drug-likeness (QED) is 0.827. The van der Waals surface area contributed by atoms with Crippen LogP contribution >= 0.6 is 0 Å². The van der Waals surface area contributed by atoms with Crippen LogP contribution in [0, 0.1) is 6.92 Å². The average molecular weight is 242 g/mol. The smallest absolute Gasteiger partial charge is 0.229 e. The van der Waals surface area contributed by atoms with Crippen molar-refractivity contribution in [3.8, 4) is 0 Å². The van der Waals surface area contributed by atoms with Crippen molar-refractivity contribution in [2.75, 3.05) is 11.4 Å². The number of fused-ring (bicyclic) bond motifs is 1. The fourth-order valence-corrected chi connectivity index (χ4v) is 2.46. The summed E-state index contributed by atoms with van der Waals surface area (Å²) in [5.74, 6) is -0.0310. The van der Waals surface area contributed by atoms with Crippen LogP contribution in [0.1, 0.15) is 12.0 Å². The molecule has 0 radical (unpaired) electrons. The van der Waals surface area contributed by atoms with Gasteiger partial charge in [0.25, 0.3) is 0 Å². The second-order valence-electron chi connectivity index (χ2n) is 4.66. The van der Waals surface area contributed by atoms with Crippen molar-refractivity contribution in [3.63, 3.8) is 0 Å². The topological polar surface area (TPSA) is 53.4 Å². The number of pyridine rings is 1. The minimum Gasteiger partial charge on any atom is -0.391 e. The number of nitrogens with zero attached hydrogens (tertiary/aromatic N) is 2. The number of carbonyl (C=O) groups is 1. The molecule has 1 amide bonds. The second kappa shape index (κ2) is 4.07. The number of rotatable bonds is 1. The van der Waals surface area contributed by atoms with Crippen LogP contribution < -0.4 is 4.90 Å². The van der Waals surface area contributed by atoms with Crippen molar-refractivity contribution in [2.45, 2.75) is 19.4 Å². The first-order valence-electron chi connectivity index (χ1n) is 5.99. The standard InChI is InChI=1S/C14H14N2O2/c1-9-4-5-12(11-3-2-6-15-14(9)11)16-8-10(17)7-13(16)18/h2-6,10,17H,7-8H2,1H3. The number of hydrogen-bond acceptors (Lipinski definition) is 3. The van der Waals surface area contributed by atoms with E-state index in [0.29, 0.717) is 6.54 Å². The van der Waals surface area contributed by atoms with E-state index >= 15 is 0 Å². The van der Waals surface area contributed by atoms with Crippen molar-refractivity contribution in [2.24, 2.45) is 0 Å². The monoisotopic (exact) mass is 242 g/mol. The fraction of sp³-hybridized carbons (Fsp3) is 0.286. The molecule has 1 aliphatic rings. The first-order valence-corrected chi connectivity index (χ1v) is 5.99. The van der Waals surface area contributed by atoms with Crippen molar-refractivity contribution < 1.29 is 9.90 Å². The van der Waals surface area contributed by atoms with E-state index in [1.807, 2.05) is 31.2 Å². The van der Waals surface area contributed by atoms with Gasteiger partial charge in [-0.3, -0.25) is 9.78 Å². The Kier molecular flexibility index (Phi) is 2.52. The van der Waals surface area contributed by atoms with Gasteiger partial charge in [0, 0.05) is 11.6 Å². The molecule has 0 aliphatic carbocycles. The largest absolute Gasteiger partial charge is 0.391 e. The number of benzene rings is 1. The minimum atomic E-state index is -0.564. The van der Waals surface area contributed by atoms with E-state index in [-0.39, 0.29) is 12.3 Å². The number of anilines is 1. The van der Waals surface area contributed by atoms with Crippen LogP contribution in [0.15, 0.2) is 30.5 Å². The summed E-state index contributed by atoms with van der Waals surface area (Å²) in [7, 11) is 0. The van der Waals surface area contributed by atoms with Crippen LogP contribution in [0.4, 0.5) is 5.69 Å². The van der Waals surface area contributed by atoms with Crippen molar-refractivity contribution >= 4 is 22.5 Å². The third-order valence-electron chi connectivity index (χ3n) is 3.34. The Bertz CT molecular complexity index is 624. The fourth-order valence-electron chi connectivity index (χ4n) is 2.46. The molecule has 4 nitrogen and oxygen atoms in total. The zero-order chi connectivity index (χ0) is 12.7. The van der Waals surface area contributed by atoms with Crippen LogP contribution in [0.25, 0.3) is 10.9 Å². The van der Waals surface area contributed by atoms with E-state index in [2.05, 4.69) is 4.98 Å². The predicted octanol–water partition coefficient (Wildman–Crippen LogP) is 1.64. The lowest BCUT2D eigenvalue weighted by Gasteiger charge is -2.18. The molecule has 0 saturated carbocycles. The highest BCUT2D eigenvalue weighted by Gasteiger charge is 2.30. The van der Waals surface area contributed by atoms with Gasteiger partial charge in [-0.15, -0.1) is 0 Å². The molecule has 1 aromatic carbocycles. The molecule has 92 valence electrons. The van der Waals surface area contributed by atoms with Crippen LogP contribution in [0.2, 0.25) is 0 Å². The summed E-state index contributed by atoms with van der Waals surface area (Å²) in [4.78, 5) is 17.9. The minimum absolute atomic E-state index is 0.0310. The van der Waals surface area contributed by atoms with Gasteiger partial charge in [-0.2, -0.15) is 0 Å². The number of aliphatic hydroxyl groups excluding tert-OH is 1. The normalized spacial score (nSPS) is 19.8. The molecule has 1 N–H and O–H groups in total. The van der Waals surface area contributed by atoms with E-state index in [9.17, 15) is 9.90 Å². The maximum atomic E-state index is 11.9. The molecule has 4 heteroatoms. The molecule has 1 unspecified atom stereocenters. The Hall–Kier alpha value is -1.94. The number of aliphatic hydroxyl groups is 1. The van der Waals surface area contributed by atoms with E-state index in [0.717, 1.165) is 22.2 Å². The van der Waals surface area contributed by atoms with Crippen molar-refractivity contribution in [1.82, 2.24) is 4.98 Å². The molecular formula is C14H14N2O2. The van der Waals surface area contributed by atoms with Gasteiger partial charge >= 0.3 is 0 Å². The maximum Gasteiger partial charge on any atom is 0.229 e. The molecule has 3 rings (SSSR count). The summed E-state index contributed by atoms with van der Waals surface area (Å²) in [5.41, 5.74) is 2.83. The van der Waals surface area contributed by atoms with Crippen LogP contribution in [0.5, 0.6) is 0 Å². The molecule has 1 aliphatic heterocycles. The van der Waals surface area contributed by atoms with Gasteiger partial charge in [0.2, 0.25) is 5.91 Å². The highest BCUT2D eigenvalue weighted by Crippen LogP contribution is 2.30. The number of β-amino-alcohol motifs (C(OH)–C–C–N with tert-alkyl or cyclic N) is 1. The Morgan fingerprint density at radius 1 is 1.39 bits per heavy atom. The average Bonchev–Trinajstić information content (AvgIpc) is 2.69. The molecule has 0 spiro atoms.